The van der Waals surface area contributed by atoms with E-state index < -0.39 is 11.6 Å². The summed E-state index contributed by atoms with van der Waals surface area (Å²) in [7, 11) is 0. The van der Waals surface area contributed by atoms with Gasteiger partial charge in [0.15, 0.2) is 5.78 Å². The molecule has 1 aromatic carbocycles. The first-order chi connectivity index (χ1) is 10.2. The molecule has 1 fully saturated rings. The van der Waals surface area contributed by atoms with Crippen LogP contribution < -0.4 is 5.32 Å². The monoisotopic (exact) mass is 313 g/mol. The van der Waals surface area contributed by atoms with Crippen LogP contribution in [0.2, 0.25) is 0 Å². The van der Waals surface area contributed by atoms with Crippen LogP contribution in [0, 0.1) is 11.6 Å². The summed E-state index contributed by atoms with van der Waals surface area (Å²) in [5, 5.41) is 3.00. The molecule has 1 heterocycles. The van der Waals surface area contributed by atoms with Gasteiger partial charge in [-0.25, -0.2) is 8.78 Å². The van der Waals surface area contributed by atoms with Gasteiger partial charge in [0.2, 0.25) is 0 Å². The number of halogens is 2. The van der Waals surface area contributed by atoms with Gasteiger partial charge >= 0.3 is 0 Å². The highest BCUT2D eigenvalue weighted by Crippen LogP contribution is 2.14. The first-order valence-electron chi connectivity index (χ1n) is 7.08. The average molecular weight is 313 g/mol. The smallest absolute Gasteiger partial charge is 0.293 e. The Kier molecular flexibility index (Phi) is 6.61. The second kappa shape index (κ2) is 7.98. The van der Waals surface area contributed by atoms with Crippen LogP contribution in [0.15, 0.2) is 18.2 Å². The van der Waals surface area contributed by atoms with Crippen LogP contribution in [0.5, 0.6) is 0 Å². The SMILES string of the molecule is CC(C)(C)OC=O.O=C(c1cc(F)cc(F)c1)[C@H]1CCCN1. The number of carbonyl (C=O) groups excluding carboxylic acids is 2. The summed E-state index contributed by atoms with van der Waals surface area (Å²) in [5.41, 5.74) is -0.214. The van der Waals surface area contributed by atoms with E-state index in [-0.39, 0.29) is 23.0 Å². The van der Waals surface area contributed by atoms with E-state index in [4.69, 9.17) is 0 Å². The van der Waals surface area contributed by atoms with E-state index >= 15 is 0 Å². The van der Waals surface area contributed by atoms with Crippen LogP contribution in [0.3, 0.4) is 0 Å². The second-order valence-corrected chi connectivity index (χ2v) is 6.00. The lowest BCUT2D eigenvalue weighted by Gasteiger charge is -2.14. The number of ether oxygens (including phenoxy) is 1. The van der Waals surface area contributed by atoms with Crippen LogP contribution in [0.4, 0.5) is 8.78 Å². The Balaban J connectivity index is 0.000000295. The number of hydrogen-bond donors (Lipinski definition) is 1. The summed E-state index contributed by atoms with van der Waals surface area (Å²) in [6.07, 6.45) is 1.66. The largest absolute Gasteiger partial charge is 0.462 e. The van der Waals surface area contributed by atoms with Crippen molar-refractivity contribution in [2.24, 2.45) is 0 Å². The lowest BCUT2D eigenvalue weighted by molar-refractivity contribution is -0.138. The Morgan fingerprint density at radius 1 is 1.27 bits per heavy atom. The standard InChI is InChI=1S/C11H11F2NO.C5H10O2/c12-8-4-7(5-9(13)6-8)11(15)10-2-1-3-14-10;1-5(2,3)7-4-6/h4-6,10,14H,1-3H2;4H,1-3H3/t10-;/m1./s1. The molecule has 1 aliphatic rings. The minimum Gasteiger partial charge on any atom is -0.462 e. The van der Waals surface area contributed by atoms with Crippen LogP contribution in [0.1, 0.15) is 44.0 Å². The van der Waals surface area contributed by atoms with Crippen molar-refractivity contribution in [3.05, 3.63) is 35.4 Å². The third kappa shape index (κ3) is 6.30. The third-order valence-electron chi connectivity index (χ3n) is 2.93. The summed E-state index contributed by atoms with van der Waals surface area (Å²) in [4.78, 5) is 21.4. The summed E-state index contributed by atoms with van der Waals surface area (Å²) < 4.78 is 30.3. The highest BCUT2D eigenvalue weighted by Gasteiger charge is 2.23. The van der Waals surface area contributed by atoms with Gasteiger partial charge in [0, 0.05) is 11.6 Å². The molecule has 0 unspecified atom stereocenters. The Bertz CT molecular complexity index is 500. The molecule has 1 aliphatic heterocycles. The van der Waals surface area contributed by atoms with Crippen molar-refractivity contribution in [3.8, 4) is 0 Å². The Hall–Kier alpha value is -1.82. The van der Waals surface area contributed by atoms with Gasteiger partial charge in [0.05, 0.1) is 6.04 Å². The molecule has 0 radical (unpaired) electrons. The molecule has 1 atom stereocenters. The zero-order valence-corrected chi connectivity index (χ0v) is 13.0. The Labute approximate surface area is 128 Å². The number of benzene rings is 1. The first-order valence-corrected chi connectivity index (χ1v) is 7.08. The fraction of sp³-hybridized carbons (Fsp3) is 0.500. The number of Topliss-reactive ketones (excluding diaryl/α,β-unsaturated/α-hetero) is 1. The molecule has 122 valence electrons. The normalized spacial score (nSPS) is 17.4. The zero-order valence-electron chi connectivity index (χ0n) is 13.0. The lowest BCUT2D eigenvalue weighted by atomic mass is 10.0. The summed E-state index contributed by atoms with van der Waals surface area (Å²) >= 11 is 0. The van der Waals surface area contributed by atoms with Gasteiger partial charge in [-0.05, 0) is 52.3 Å². The van der Waals surface area contributed by atoms with Crippen molar-refractivity contribution in [1.82, 2.24) is 5.32 Å². The van der Waals surface area contributed by atoms with E-state index in [1.807, 2.05) is 20.8 Å². The molecule has 0 spiro atoms. The van der Waals surface area contributed by atoms with Gasteiger partial charge in [-0.2, -0.15) is 0 Å². The number of carbonyl (C=O) groups is 2. The van der Waals surface area contributed by atoms with Crippen molar-refractivity contribution in [1.29, 1.82) is 0 Å². The molecule has 2 rings (SSSR count). The van der Waals surface area contributed by atoms with Gasteiger partial charge in [-0.15, -0.1) is 0 Å². The maximum atomic E-state index is 12.9. The van der Waals surface area contributed by atoms with E-state index in [9.17, 15) is 18.4 Å². The van der Waals surface area contributed by atoms with Crippen molar-refractivity contribution in [3.63, 3.8) is 0 Å². The predicted molar refractivity (Wildman–Crippen MR) is 78.6 cm³/mol. The van der Waals surface area contributed by atoms with Gasteiger partial charge < -0.3 is 10.1 Å². The quantitative estimate of drug-likeness (QED) is 0.689. The van der Waals surface area contributed by atoms with E-state index in [0.29, 0.717) is 6.47 Å². The molecule has 1 saturated heterocycles. The summed E-state index contributed by atoms with van der Waals surface area (Å²) in [6, 6.07) is 2.63. The minimum absolute atomic E-state index is 0.104. The summed E-state index contributed by atoms with van der Waals surface area (Å²) in [5.74, 6) is -1.65. The van der Waals surface area contributed by atoms with Crippen LogP contribution in [-0.2, 0) is 9.53 Å². The van der Waals surface area contributed by atoms with Crippen molar-refractivity contribution >= 4 is 12.3 Å². The number of hydrogen-bond acceptors (Lipinski definition) is 4. The third-order valence-corrected chi connectivity index (χ3v) is 2.93. The predicted octanol–water partition coefficient (Wildman–Crippen LogP) is 2.86. The molecule has 0 amide bonds. The highest BCUT2D eigenvalue weighted by atomic mass is 19.1. The van der Waals surface area contributed by atoms with Crippen molar-refractivity contribution < 1.29 is 23.1 Å². The molecule has 22 heavy (non-hydrogen) atoms. The maximum absolute atomic E-state index is 12.9. The van der Waals surface area contributed by atoms with Crippen LogP contribution in [0.25, 0.3) is 0 Å². The summed E-state index contributed by atoms with van der Waals surface area (Å²) in [6.45, 7) is 6.71. The van der Waals surface area contributed by atoms with Gasteiger partial charge in [0.25, 0.3) is 6.47 Å². The minimum atomic E-state index is -0.712. The highest BCUT2D eigenvalue weighted by molar-refractivity contribution is 6.00. The topological polar surface area (TPSA) is 55.4 Å². The van der Waals surface area contributed by atoms with E-state index in [1.54, 1.807) is 0 Å². The Morgan fingerprint density at radius 3 is 2.23 bits per heavy atom. The van der Waals surface area contributed by atoms with E-state index in [1.165, 1.54) is 0 Å². The fourth-order valence-corrected chi connectivity index (χ4v) is 1.95. The first kappa shape index (κ1) is 18.2. The van der Waals surface area contributed by atoms with Gasteiger partial charge in [-0.1, -0.05) is 0 Å². The molecule has 0 saturated carbocycles. The molecule has 0 aromatic heterocycles. The molecule has 0 aliphatic carbocycles. The maximum Gasteiger partial charge on any atom is 0.293 e. The lowest BCUT2D eigenvalue weighted by Crippen LogP contribution is -2.30. The van der Waals surface area contributed by atoms with Gasteiger partial charge in [-0.3, -0.25) is 9.59 Å². The molecule has 4 nitrogen and oxygen atoms in total. The number of nitrogens with one attached hydrogen (secondary N) is 1. The molecule has 0 bridgehead atoms. The van der Waals surface area contributed by atoms with Crippen molar-refractivity contribution in [2.75, 3.05) is 6.54 Å². The molecular weight excluding hydrogens is 292 g/mol. The molecular formula is C16H21F2NO3. The average Bonchev–Trinajstić information content (AvgIpc) is 2.89. The Morgan fingerprint density at radius 2 is 1.86 bits per heavy atom. The van der Waals surface area contributed by atoms with E-state index in [2.05, 4.69) is 10.1 Å². The van der Waals surface area contributed by atoms with Crippen LogP contribution in [-0.4, -0.2) is 30.4 Å². The van der Waals surface area contributed by atoms with E-state index in [0.717, 1.165) is 37.6 Å². The number of rotatable bonds is 3. The fourth-order valence-electron chi connectivity index (χ4n) is 1.95. The zero-order chi connectivity index (χ0) is 16.8. The number of ketones is 1. The second-order valence-electron chi connectivity index (χ2n) is 6.00. The van der Waals surface area contributed by atoms with Gasteiger partial charge in [0.1, 0.15) is 17.2 Å². The molecule has 1 N–H and O–H groups in total. The molecule has 6 heteroatoms. The molecule has 1 aromatic rings. The van der Waals surface area contributed by atoms with Crippen LogP contribution >= 0.6 is 0 Å². The van der Waals surface area contributed by atoms with Crippen molar-refractivity contribution in [2.45, 2.75) is 45.3 Å².